The van der Waals surface area contributed by atoms with Crippen molar-refractivity contribution in [3.8, 4) is 0 Å². The molecule has 0 saturated carbocycles. The van der Waals surface area contributed by atoms with Crippen LogP contribution in [0.2, 0.25) is 0 Å². The molecule has 1 N–H and O–H groups in total. The van der Waals surface area contributed by atoms with Gasteiger partial charge in [0, 0.05) is 30.1 Å². The van der Waals surface area contributed by atoms with Crippen LogP contribution in [0.3, 0.4) is 0 Å². The molecule has 2 nitrogen and oxygen atoms in total. The molecule has 1 aliphatic rings. The third-order valence-corrected chi connectivity index (χ3v) is 3.84. The molecule has 1 rings (SSSR count). The molecular formula is C11H22N2S. The second-order valence-electron chi connectivity index (χ2n) is 3.81. The molecule has 2 atom stereocenters. The van der Waals surface area contributed by atoms with E-state index in [1.807, 2.05) is 6.08 Å². The molecule has 1 aliphatic heterocycles. The summed E-state index contributed by atoms with van der Waals surface area (Å²) in [6.45, 7) is 8.28. The first-order valence-corrected chi connectivity index (χ1v) is 6.57. The summed E-state index contributed by atoms with van der Waals surface area (Å²) >= 11 is 2.07. The molecule has 14 heavy (non-hydrogen) atoms. The molecule has 0 aliphatic carbocycles. The highest BCUT2D eigenvalue weighted by Crippen LogP contribution is 2.19. The first kappa shape index (κ1) is 12.1. The Bertz CT molecular complexity index is 173. The predicted molar refractivity (Wildman–Crippen MR) is 66.0 cm³/mol. The van der Waals surface area contributed by atoms with Crippen LogP contribution in [0, 0.1) is 0 Å². The molecule has 1 fully saturated rings. The number of thioether (sulfide) groups is 1. The Morgan fingerprint density at radius 3 is 3.07 bits per heavy atom. The van der Waals surface area contributed by atoms with E-state index in [1.165, 1.54) is 18.1 Å². The maximum atomic E-state index is 3.84. The predicted octanol–water partition coefficient (Wildman–Crippen LogP) is 1.59. The van der Waals surface area contributed by atoms with Gasteiger partial charge in [-0.1, -0.05) is 13.0 Å². The molecule has 0 radical (unpaired) electrons. The molecule has 0 amide bonds. The minimum atomic E-state index is 0.579. The number of hydrogen-bond donors (Lipinski definition) is 1. The Hall–Kier alpha value is 0.01000. The van der Waals surface area contributed by atoms with E-state index in [1.54, 1.807) is 0 Å². The molecule has 3 heteroatoms. The van der Waals surface area contributed by atoms with Crippen LogP contribution in [-0.4, -0.2) is 48.6 Å². The number of hydrogen-bond acceptors (Lipinski definition) is 3. The second-order valence-corrected chi connectivity index (χ2v) is 4.96. The quantitative estimate of drug-likeness (QED) is 0.700. The molecule has 0 aromatic carbocycles. The van der Waals surface area contributed by atoms with Gasteiger partial charge >= 0.3 is 0 Å². The van der Waals surface area contributed by atoms with E-state index in [2.05, 4.69) is 42.5 Å². The lowest BCUT2D eigenvalue weighted by Gasteiger charge is -2.37. The van der Waals surface area contributed by atoms with Crippen molar-refractivity contribution in [3.05, 3.63) is 12.7 Å². The lowest BCUT2D eigenvalue weighted by Crippen LogP contribution is -2.52. The lowest BCUT2D eigenvalue weighted by atomic mass is 10.0. The standard InChI is InChI=1S/C11H22N2S/c1-4-6-10(12-5-2)11-9-14-8-7-13(11)3/h4,10-12H,1,5-9H2,2-3H3. The molecule has 0 spiro atoms. The van der Waals surface area contributed by atoms with Crippen molar-refractivity contribution >= 4 is 11.8 Å². The third-order valence-electron chi connectivity index (χ3n) is 2.79. The first-order chi connectivity index (χ1) is 6.79. The van der Waals surface area contributed by atoms with Crippen molar-refractivity contribution in [2.45, 2.75) is 25.4 Å². The lowest BCUT2D eigenvalue weighted by molar-refractivity contribution is 0.216. The van der Waals surface area contributed by atoms with Crippen molar-refractivity contribution in [2.75, 3.05) is 31.6 Å². The molecular weight excluding hydrogens is 192 g/mol. The van der Waals surface area contributed by atoms with E-state index < -0.39 is 0 Å². The van der Waals surface area contributed by atoms with Crippen molar-refractivity contribution in [1.29, 1.82) is 0 Å². The summed E-state index contributed by atoms with van der Waals surface area (Å²) in [5, 5.41) is 3.56. The summed E-state index contributed by atoms with van der Waals surface area (Å²) in [5.41, 5.74) is 0. The fraction of sp³-hybridized carbons (Fsp3) is 0.818. The molecule has 1 heterocycles. The number of nitrogens with zero attached hydrogens (tertiary/aromatic N) is 1. The number of nitrogens with one attached hydrogen (secondary N) is 1. The van der Waals surface area contributed by atoms with E-state index in [-0.39, 0.29) is 0 Å². The fourth-order valence-electron chi connectivity index (χ4n) is 1.95. The normalized spacial score (nSPS) is 26.0. The van der Waals surface area contributed by atoms with Gasteiger partial charge in [-0.25, -0.2) is 0 Å². The van der Waals surface area contributed by atoms with E-state index in [9.17, 15) is 0 Å². The molecule has 1 saturated heterocycles. The zero-order valence-electron chi connectivity index (χ0n) is 9.33. The minimum absolute atomic E-state index is 0.579. The van der Waals surface area contributed by atoms with Crippen LogP contribution in [0.5, 0.6) is 0 Å². The van der Waals surface area contributed by atoms with Gasteiger partial charge in [-0.2, -0.15) is 11.8 Å². The van der Waals surface area contributed by atoms with Gasteiger partial charge in [0.15, 0.2) is 0 Å². The SMILES string of the molecule is C=CCC(NCC)C1CSCCN1C. The van der Waals surface area contributed by atoms with E-state index in [0.717, 1.165) is 13.0 Å². The maximum absolute atomic E-state index is 3.84. The Morgan fingerprint density at radius 1 is 1.71 bits per heavy atom. The van der Waals surface area contributed by atoms with Crippen LogP contribution in [0.15, 0.2) is 12.7 Å². The summed E-state index contributed by atoms with van der Waals surface area (Å²) in [5.74, 6) is 2.53. The van der Waals surface area contributed by atoms with E-state index in [4.69, 9.17) is 0 Å². The van der Waals surface area contributed by atoms with Crippen molar-refractivity contribution < 1.29 is 0 Å². The number of rotatable bonds is 5. The van der Waals surface area contributed by atoms with Crippen molar-refractivity contribution in [3.63, 3.8) is 0 Å². The Labute approximate surface area is 92.1 Å². The average Bonchev–Trinajstić information content (AvgIpc) is 2.18. The summed E-state index contributed by atoms with van der Waals surface area (Å²) < 4.78 is 0. The van der Waals surface area contributed by atoms with Gasteiger partial charge in [0.2, 0.25) is 0 Å². The van der Waals surface area contributed by atoms with E-state index in [0.29, 0.717) is 12.1 Å². The Kier molecular flexibility index (Phi) is 5.60. The van der Waals surface area contributed by atoms with Gasteiger partial charge in [-0.05, 0) is 20.0 Å². The second kappa shape index (κ2) is 6.49. The largest absolute Gasteiger partial charge is 0.312 e. The van der Waals surface area contributed by atoms with Crippen LogP contribution in [-0.2, 0) is 0 Å². The monoisotopic (exact) mass is 214 g/mol. The van der Waals surface area contributed by atoms with Crippen molar-refractivity contribution in [1.82, 2.24) is 10.2 Å². The van der Waals surface area contributed by atoms with Crippen LogP contribution < -0.4 is 5.32 Å². The summed E-state index contributed by atoms with van der Waals surface area (Å²) in [6.07, 6.45) is 3.10. The summed E-state index contributed by atoms with van der Waals surface area (Å²) in [4.78, 5) is 2.48. The van der Waals surface area contributed by atoms with Gasteiger partial charge in [0.1, 0.15) is 0 Å². The zero-order valence-corrected chi connectivity index (χ0v) is 10.1. The molecule has 0 aromatic heterocycles. The van der Waals surface area contributed by atoms with Gasteiger partial charge in [-0.3, -0.25) is 0 Å². The highest BCUT2D eigenvalue weighted by Gasteiger charge is 2.26. The first-order valence-electron chi connectivity index (χ1n) is 5.41. The van der Waals surface area contributed by atoms with Crippen LogP contribution in [0.4, 0.5) is 0 Å². The topological polar surface area (TPSA) is 15.3 Å². The Morgan fingerprint density at radius 2 is 2.50 bits per heavy atom. The zero-order chi connectivity index (χ0) is 10.4. The van der Waals surface area contributed by atoms with Gasteiger partial charge in [0.25, 0.3) is 0 Å². The molecule has 2 unspecified atom stereocenters. The minimum Gasteiger partial charge on any atom is -0.312 e. The molecule has 0 bridgehead atoms. The number of likely N-dealkylation sites (N-methyl/N-ethyl adjacent to an activating group) is 2. The fourth-order valence-corrected chi connectivity index (χ4v) is 3.26. The highest BCUT2D eigenvalue weighted by atomic mass is 32.2. The van der Waals surface area contributed by atoms with Gasteiger partial charge in [0.05, 0.1) is 0 Å². The van der Waals surface area contributed by atoms with Gasteiger partial charge in [-0.15, -0.1) is 6.58 Å². The Balaban J connectivity index is 2.50. The van der Waals surface area contributed by atoms with Crippen LogP contribution >= 0.6 is 11.8 Å². The van der Waals surface area contributed by atoms with Crippen molar-refractivity contribution in [2.24, 2.45) is 0 Å². The summed E-state index contributed by atoms with van der Waals surface area (Å²) in [7, 11) is 2.23. The molecule has 0 aromatic rings. The van der Waals surface area contributed by atoms with Crippen LogP contribution in [0.25, 0.3) is 0 Å². The smallest absolute Gasteiger partial charge is 0.0340 e. The molecule has 82 valence electrons. The third kappa shape index (κ3) is 3.30. The summed E-state index contributed by atoms with van der Waals surface area (Å²) in [6, 6.07) is 1.25. The van der Waals surface area contributed by atoms with Crippen LogP contribution in [0.1, 0.15) is 13.3 Å². The van der Waals surface area contributed by atoms with Gasteiger partial charge < -0.3 is 10.2 Å². The average molecular weight is 214 g/mol. The van der Waals surface area contributed by atoms with E-state index >= 15 is 0 Å². The highest BCUT2D eigenvalue weighted by molar-refractivity contribution is 7.99. The maximum Gasteiger partial charge on any atom is 0.0340 e.